The molecule has 0 aliphatic carbocycles. The molecule has 28 heavy (non-hydrogen) atoms. The van der Waals surface area contributed by atoms with E-state index in [2.05, 4.69) is 15.8 Å². The molecule has 7 nitrogen and oxygen atoms in total. The van der Waals surface area contributed by atoms with Crippen molar-refractivity contribution >= 4 is 52.2 Å². The Kier molecular flexibility index (Phi) is 6.08. The molecule has 0 aliphatic rings. The summed E-state index contributed by atoms with van der Waals surface area (Å²) in [7, 11) is 0. The summed E-state index contributed by atoms with van der Waals surface area (Å²) in [5.41, 5.74) is 2.65. The van der Waals surface area contributed by atoms with E-state index in [4.69, 9.17) is 27.6 Å². The van der Waals surface area contributed by atoms with E-state index in [1.165, 1.54) is 12.3 Å². The SMILES string of the molecule is O=C(CNC(=O)c1ccccc1Cl)NN=Cc1coc2ccc(Cl)cc2c1=O. The number of hydrogen-bond donors (Lipinski definition) is 2. The van der Waals surface area contributed by atoms with Gasteiger partial charge in [-0.3, -0.25) is 14.4 Å². The van der Waals surface area contributed by atoms with Crippen molar-refractivity contribution in [2.75, 3.05) is 6.54 Å². The van der Waals surface area contributed by atoms with Crippen LogP contribution in [-0.4, -0.2) is 24.6 Å². The van der Waals surface area contributed by atoms with Crippen LogP contribution in [0.2, 0.25) is 10.0 Å². The van der Waals surface area contributed by atoms with Crippen LogP contribution in [0.1, 0.15) is 15.9 Å². The number of halogens is 2. The average Bonchev–Trinajstić information content (AvgIpc) is 2.68. The molecule has 0 bridgehead atoms. The van der Waals surface area contributed by atoms with Gasteiger partial charge in [-0.2, -0.15) is 5.10 Å². The van der Waals surface area contributed by atoms with E-state index in [9.17, 15) is 14.4 Å². The molecule has 142 valence electrons. The van der Waals surface area contributed by atoms with E-state index >= 15 is 0 Å². The number of hydrazone groups is 1. The lowest BCUT2D eigenvalue weighted by atomic mass is 10.2. The van der Waals surface area contributed by atoms with Crippen LogP contribution in [0.4, 0.5) is 0 Å². The molecule has 0 atom stereocenters. The Morgan fingerprint density at radius 3 is 2.71 bits per heavy atom. The average molecular weight is 418 g/mol. The number of fused-ring (bicyclic) bond motifs is 1. The van der Waals surface area contributed by atoms with Crippen LogP contribution in [0.25, 0.3) is 11.0 Å². The van der Waals surface area contributed by atoms with E-state index in [1.54, 1.807) is 36.4 Å². The summed E-state index contributed by atoms with van der Waals surface area (Å²) in [4.78, 5) is 36.2. The maximum atomic E-state index is 12.4. The molecule has 3 aromatic rings. The van der Waals surface area contributed by atoms with Gasteiger partial charge in [0.15, 0.2) is 0 Å². The van der Waals surface area contributed by atoms with Gasteiger partial charge in [0.05, 0.1) is 34.3 Å². The van der Waals surface area contributed by atoms with Crippen molar-refractivity contribution in [3.05, 3.63) is 80.1 Å². The highest BCUT2D eigenvalue weighted by molar-refractivity contribution is 6.33. The molecule has 2 amide bonds. The Morgan fingerprint density at radius 2 is 1.93 bits per heavy atom. The number of nitrogens with one attached hydrogen (secondary N) is 2. The van der Waals surface area contributed by atoms with Crippen molar-refractivity contribution in [1.82, 2.24) is 10.7 Å². The lowest BCUT2D eigenvalue weighted by molar-refractivity contribution is -0.120. The Labute approximate surface area is 168 Å². The first kappa shape index (κ1) is 19.6. The van der Waals surface area contributed by atoms with Gasteiger partial charge in [0.1, 0.15) is 11.8 Å². The van der Waals surface area contributed by atoms with E-state index in [0.717, 1.165) is 6.21 Å². The zero-order valence-corrected chi connectivity index (χ0v) is 15.8. The Morgan fingerprint density at radius 1 is 1.14 bits per heavy atom. The van der Waals surface area contributed by atoms with Crippen molar-refractivity contribution in [3.63, 3.8) is 0 Å². The number of amides is 2. The second kappa shape index (κ2) is 8.69. The summed E-state index contributed by atoms with van der Waals surface area (Å²) in [6, 6.07) is 11.2. The highest BCUT2D eigenvalue weighted by atomic mass is 35.5. The van der Waals surface area contributed by atoms with Crippen LogP contribution in [0.5, 0.6) is 0 Å². The third-order valence-corrected chi connectivity index (χ3v) is 4.25. The summed E-state index contributed by atoms with van der Waals surface area (Å²) in [5.74, 6) is -1.07. The van der Waals surface area contributed by atoms with Crippen LogP contribution in [0.3, 0.4) is 0 Å². The second-order valence-electron chi connectivity index (χ2n) is 5.62. The monoisotopic (exact) mass is 417 g/mol. The fraction of sp³-hybridized carbons (Fsp3) is 0.0526. The molecule has 2 N–H and O–H groups in total. The molecule has 0 saturated heterocycles. The minimum atomic E-state index is -0.579. The minimum Gasteiger partial charge on any atom is -0.463 e. The van der Waals surface area contributed by atoms with Gasteiger partial charge < -0.3 is 9.73 Å². The first-order valence-electron chi connectivity index (χ1n) is 8.01. The largest absolute Gasteiger partial charge is 0.463 e. The van der Waals surface area contributed by atoms with Crippen LogP contribution >= 0.6 is 23.2 Å². The van der Waals surface area contributed by atoms with E-state index < -0.39 is 11.8 Å². The van der Waals surface area contributed by atoms with Crippen molar-refractivity contribution in [2.24, 2.45) is 5.10 Å². The highest BCUT2D eigenvalue weighted by Gasteiger charge is 2.11. The van der Waals surface area contributed by atoms with Crippen LogP contribution < -0.4 is 16.2 Å². The van der Waals surface area contributed by atoms with Gasteiger partial charge in [-0.1, -0.05) is 35.3 Å². The summed E-state index contributed by atoms with van der Waals surface area (Å²) >= 11 is 11.8. The smallest absolute Gasteiger partial charge is 0.259 e. The van der Waals surface area contributed by atoms with E-state index in [1.807, 2.05) is 0 Å². The third kappa shape index (κ3) is 4.57. The Balaban J connectivity index is 1.60. The number of rotatable bonds is 5. The number of nitrogens with zero attached hydrogens (tertiary/aromatic N) is 1. The van der Waals surface area contributed by atoms with Gasteiger partial charge in [0, 0.05) is 5.02 Å². The first-order chi connectivity index (χ1) is 13.5. The van der Waals surface area contributed by atoms with E-state index in [-0.39, 0.29) is 28.1 Å². The second-order valence-corrected chi connectivity index (χ2v) is 6.46. The predicted octanol–water partition coefficient (Wildman–Crippen LogP) is 2.98. The van der Waals surface area contributed by atoms with Gasteiger partial charge in [-0.25, -0.2) is 5.43 Å². The molecule has 3 rings (SSSR count). The Bertz CT molecular complexity index is 1140. The number of carbonyl (C=O) groups is 2. The molecular weight excluding hydrogens is 405 g/mol. The molecule has 0 fully saturated rings. The molecule has 0 radical (unpaired) electrons. The summed E-state index contributed by atoms with van der Waals surface area (Å²) in [5, 5.41) is 7.11. The summed E-state index contributed by atoms with van der Waals surface area (Å²) < 4.78 is 5.34. The van der Waals surface area contributed by atoms with Crippen molar-refractivity contribution in [1.29, 1.82) is 0 Å². The zero-order chi connectivity index (χ0) is 20.1. The topological polar surface area (TPSA) is 101 Å². The fourth-order valence-electron chi connectivity index (χ4n) is 2.32. The number of hydrogen-bond acceptors (Lipinski definition) is 5. The third-order valence-electron chi connectivity index (χ3n) is 3.68. The Hall–Kier alpha value is -3.16. The maximum Gasteiger partial charge on any atom is 0.259 e. The highest BCUT2D eigenvalue weighted by Crippen LogP contribution is 2.16. The van der Waals surface area contributed by atoms with Crippen molar-refractivity contribution < 1.29 is 14.0 Å². The van der Waals surface area contributed by atoms with Gasteiger partial charge in [0.25, 0.3) is 11.8 Å². The summed E-state index contributed by atoms with van der Waals surface area (Å²) in [6.45, 7) is -0.316. The summed E-state index contributed by atoms with van der Waals surface area (Å²) in [6.07, 6.45) is 2.38. The van der Waals surface area contributed by atoms with Crippen molar-refractivity contribution in [3.8, 4) is 0 Å². The van der Waals surface area contributed by atoms with Gasteiger partial charge >= 0.3 is 0 Å². The lowest BCUT2D eigenvalue weighted by Gasteiger charge is -2.05. The predicted molar refractivity (Wildman–Crippen MR) is 107 cm³/mol. The van der Waals surface area contributed by atoms with Crippen LogP contribution in [-0.2, 0) is 4.79 Å². The van der Waals surface area contributed by atoms with Gasteiger partial charge in [-0.05, 0) is 30.3 Å². The quantitative estimate of drug-likeness (QED) is 0.492. The number of carbonyl (C=O) groups excluding carboxylic acids is 2. The number of benzene rings is 2. The van der Waals surface area contributed by atoms with Crippen LogP contribution in [0, 0.1) is 0 Å². The maximum absolute atomic E-state index is 12.4. The molecule has 0 aliphatic heterocycles. The molecule has 0 saturated carbocycles. The molecule has 9 heteroatoms. The minimum absolute atomic E-state index is 0.134. The normalized spacial score (nSPS) is 10.9. The molecular formula is C19H13Cl2N3O4. The molecule has 2 aromatic carbocycles. The zero-order valence-electron chi connectivity index (χ0n) is 14.2. The van der Waals surface area contributed by atoms with Gasteiger partial charge in [0.2, 0.25) is 5.43 Å². The molecule has 1 aromatic heterocycles. The van der Waals surface area contributed by atoms with Crippen LogP contribution in [0.15, 0.2) is 63.0 Å². The first-order valence-corrected chi connectivity index (χ1v) is 8.77. The fourth-order valence-corrected chi connectivity index (χ4v) is 2.72. The molecule has 1 heterocycles. The van der Waals surface area contributed by atoms with E-state index in [0.29, 0.717) is 16.0 Å². The molecule has 0 spiro atoms. The van der Waals surface area contributed by atoms with Crippen molar-refractivity contribution in [2.45, 2.75) is 0 Å². The standard InChI is InChI=1S/C19H13Cl2N3O4/c20-12-5-6-16-14(7-12)18(26)11(10-28-16)8-23-24-17(25)9-22-19(27)13-3-1-2-4-15(13)21/h1-8,10H,9H2,(H,22,27)(H,24,25). The lowest BCUT2D eigenvalue weighted by Crippen LogP contribution is -2.35. The van der Waals surface area contributed by atoms with Gasteiger partial charge in [-0.15, -0.1) is 0 Å². The molecule has 0 unspecified atom stereocenters.